The first-order valence-corrected chi connectivity index (χ1v) is 19.2. The summed E-state index contributed by atoms with van der Waals surface area (Å²) in [5.41, 5.74) is 6.37. The number of hydrogen-bond acceptors (Lipinski definition) is 8. The van der Waals surface area contributed by atoms with E-state index >= 15 is 0 Å². The molecule has 1 aliphatic carbocycles. The van der Waals surface area contributed by atoms with Crippen LogP contribution < -0.4 is 20.7 Å². The number of esters is 1. The predicted octanol–water partition coefficient (Wildman–Crippen LogP) is 5.99. The number of aliphatic hydroxyl groups excluding tert-OH is 1. The van der Waals surface area contributed by atoms with Crippen LogP contribution in [0.15, 0.2) is 115 Å². The molecule has 4 unspecified atom stereocenters. The molecule has 11 heteroatoms. The number of ether oxygens (including phenoxy) is 3. The molecule has 0 spiro atoms. The van der Waals surface area contributed by atoms with Gasteiger partial charge in [0, 0.05) is 12.3 Å². The summed E-state index contributed by atoms with van der Waals surface area (Å²) in [4.78, 5) is 52.6. The molecule has 1 heterocycles. The summed E-state index contributed by atoms with van der Waals surface area (Å²) in [6, 6.07) is 31.4. The molecule has 0 saturated heterocycles. The van der Waals surface area contributed by atoms with Crippen molar-refractivity contribution in [2.75, 3.05) is 19.8 Å². The second-order valence-electron chi connectivity index (χ2n) is 14.3. The van der Waals surface area contributed by atoms with Gasteiger partial charge in [-0.15, -0.1) is 0 Å². The van der Waals surface area contributed by atoms with Crippen molar-refractivity contribution in [3.8, 4) is 16.9 Å². The van der Waals surface area contributed by atoms with E-state index in [-0.39, 0.29) is 56.8 Å². The SMILES string of the molecule is CC1COC(=O)C(NC(=O)OCC2c3ccccc3-c3ccccc32)CCC=CCC(CC(=O)NC(CO)Cc2ccc(OCc3ccccc3)cc2)C(=O)N1. The second kappa shape index (κ2) is 19.6. The Morgan fingerprint density at radius 1 is 0.875 bits per heavy atom. The number of carbonyl (C=O) groups is 4. The Hall–Kier alpha value is -5.94. The van der Waals surface area contributed by atoms with Crippen LogP contribution in [0.4, 0.5) is 4.79 Å². The van der Waals surface area contributed by atoms with Crippen LogP contribution in [-0.2, 0) is 36.9 Å². The standard InChI is InChI=1S/C45H49N3O8/c1-30-27-55-44(52)41(48-45(53)56-29-40-38-17-10-8-15-36(38)37-16-9-11-18-39(37)40)19-7-3-6-14-33(43(51)46-30)25-42(50)47-34(26-49)24-31-20-22-35(23-21-31)54-28-32-12-4-2-5-13-32/h2-6,8-13,15-18,20-23,30,33-34,40-41,49H,7,14,19,24-29H2,1H3,(H,46,51)(H,47,50)(H,48,53). The molecule has 4 atom stereocenters. The van der Waals surface area contributed by atoms with Gasteiger partial charge in [0.1, 0.15) is 31.6 Å². The molecule has 0 bridgehead atoms. The molecule has 11 nitrogen and oxygen atoms in total. The third kappa shape index (κ3) is 10.8. The Kier molecular flexibility index (Phi) is 13.9. The molecule has 0 radical (unpaired) electrons. The quantitative estimate of drug-likeness (QED) is 0.102. The summed E-state index contributed by atoms with van der Waals surface area (Å²) in [5.74, 6) is -1.46. The number of benzene rings is 4. The van der Waals surface area contributed by atoms with Crippen molar-refractivity contribution >= 4 is 23.9 Å². The monoisotopic (exact) mass is 759 g/mol. The number of allylic oxidation sites excluding steroid dienone is 2. The van der Waals surface area contributed by atoms with Crippen LogP contribution in [0.25, 0.3) is 11.1 Å². The van der Waals surface area contributed by atoms with E-state index in [2.05, 4.69) is 28.1 Å². The number of carbonyl (C=O) groups excluding carboxylic acids is 4. The maximum atomic E-state index is 13.3. The van der Waals surface area contributed by atoms with Crippen molar-refractivity contribution in [1.82, 2.24) is 16.0 Å². The number of aliphatic hydroxyl groups is 1. The Morgan fingerprint density at radius 2 is 1.55 bits per heavy atom. The summed E-state index contributed by atoms with van der Waals surface area (Å²) in [6.07, 6.45) is 4.13. The summed E-state index contributed by atoms with van der Waals surface area (Å²) < 4.78 is 17.1. The lowest BCUT2D eigenvalue weighted by Gasteiger charge is -2.22. The van der Waals surface area contributed by atoms with Crippen molar-refractivity contribution in [2.24, 2.45) is 5.92 Å². The van der Waals surface area contributed by atoms with Crippen molar-refractivity contribution < 1.29 is 38.5 Å². The zero-order valence-electron chi connectivity index (χ0n) is 31.5. The average Bonchev–Trinajstić information content (AvgIpc) is 3.54. The lowest BCUT2D eigenvalue weighted by atomic mass is 9.98. The predicted molar refractivity (Wildman–Crippen MR) is 212 cm³/mol. The summed E-state index contributed by atoms with van der Waals surface area (Å²) in [6.45, 7) is 1.86. The van der Waals surface area contributed by atoms with Gasteiger partial charge in [0.05, 0.1) is 24.6 Å². The van der Waals surface area contributed by atoms with Crippen LogP contribution in [0, 0.1) is 5.92 Å². The van der Waals surface area contributed by atoms with E-state index in [1.807, 2.05) is 97.1 Å². The minimum absolute atomic E-state index is 0.0998. The molecule has 4 aromatic carbocycles. The van der Waals surface area contributed by atoms with Gasteiger partial charge in [-0.1, -0.05) is 103 Å². The summed E-state index contributed by atoms with van der Waals surface area (Å²) in [7, 11) is 0. The van der Waals surface area contributed by atoms with Gasteiger partial charge >= 0.3 is 12.1 Å². The fourth-order valence-electron chi connectivity index (χ4n) is 7.08. The van der Waals surface area contributed by atoms with Gasteiger partial charge in [-0.25, -0.2) is 9.59 Å². The van der Waals surface area contributed by atoms with Gasteiger partial charge in [-0.3, -0.25) is 9.59 Å². The van der Waals surface area contributed by atoms with E-state index in [1.165, 1.54) is 0 Å². The fourth-order valence-corrected chi connectivity index (χ4v) is 7.08. The Bertz CT molecular complexity index is 1940. The number of amides is 3. The van der Waals surface area contributed by atoms with E-state index in [9.17, 15) is 24.3 Å². The first-order chi connectivity index (χ1) is 27.3. The van der Waals surface area contributed by atoms with E-state index in [0.717, 1.165) is 33.4 Å². The van der Waals surface area contributed by atoms with Crippen LogP contribution in [0.5, 0.6) is 5.75 Å². The molecule has 6 rings (SSSR count). The van der Waals surface area contributed by atoms with E-state index in [1.54, 1.807) is 13.0 Å². The first-order valence-electron chi connectivity index (χ1n) is 19.2. The molecule has 0 aromatic heterocycles. The largest absolute Gasteiger partial charge is 0.489 e. The van der Waals surface area contributed by atoms with Crippen LogP contribution >= 0.6 is 0 Å². The molecular formula is C45H49N3O8. The first kappa shape index (κ1) is 39.7. The molecule has 0 saturated carbocycles. The van der Waals surface area contributed by atoms with Crippen molar-refractivity contribution in [1.29, 1.82) is 0 Å². The van der Waals surface area contributed by atoms with Gasteiger partial charge < -0.3 is 35.3 Å². The van der Waals surface area contributed by atoms with E-state index in [0.29, 0.717) is 25.2 Å². The highest BCUT2D eigenvalue weighted by atomic mass is 16.6. The van der Waals surface area contributed by atoms with Crippen LogP contribution in [-0.4, -0.2) is 66.9 Å². The Labute approximate surface area is 327 Å². The highest BCUT2D eigenvalue weighted by molar-refractivity contribution is 5.86. The van der Waals surface area contributed by atoms with Gasteiger partial charge in [0.25, 0.3) is 0 Å². The average molecular weight is 760 g/mol. The molecule has 292 valence electrons. The minimum atomic E-state index is -0.964. The lowest BCUT2D eigenvalue weighted by Crippen LogP contribution is -2.45. The number of cyclic esters (lactones) is 1. The van der Waals surface area contributed by atoms with Crippen molar-refractivity contribution in [2.45, 2.75) is 69.7 Å². The van der Waals surface area contributed by atoms with Crippen LogP contribution in [0.2, 0.25) is 0 Å². The fraction of sp³-hybridized carbons (Fsp3) is 0.333. The second-order valence-corrected chi connectivity index (χ2v) is 14.3. The highest BCUT2D eigenvalue weighted by Gasteiger charge is 2.31. The molecule has 0 fully saturated rings. The number of fused-ring (bicyclic) bond motifs is 3. The Morgan fingerprint density at radius 3 is 2.25 bits per heavy atom. The third-order valence-corrected chi connectivity index (χ3v) is 10.0. The normalized spacial score (nSPS) is 19.1. The molecule has 4 aromatic rings. The van der Waals surface area contributed by atoms with Crippen molar-refractivity contribution in [3.05, 3.63) is 138 Å². The number of rotatable bonds is 12. The van der Waals surface area contributed by atoms with Gasteiger partial charge in [0.2, 0.25) is 11.8 Å². The third-order valence-electron chi connectivity index (χ3n) is 10.0. The molecule has 2 aliphatic rings. The molecule has 3 amide bonds. The smallest absolute Gasteiger partial charge is 0.407 e. The Balaban J connectivity index is 0.990. The molecule has 1 aliphatic heterocycles. The van der Waals surface area contributed by atoms with Gasteiger partial charge in [-0.2, -0.15) is 0 Å². The van der Waals surface area contributed by atoms with Crippen molar-refractivity contribution in [3.63, 3.8) is 0 Å². The van der Waals surface area contributed by atoms with Gasteiger partial charge in [-0.05, 0) is 78.1 Å². The topological polar surface area (TPSA) is 152 Å². The van der Waals surface area contributed by atoms with E-state index < -0.39 is 36.1 Å². The molecule has 4 N–H and O–H groups in total. The number of nitrogens with one attached hydrogen (secondary N) is 3. The molecule has 56 heavy (non-hydrogen) atoms. The number of hydrogen-bond donors (Lipinski definition) is 4. The highest BCUT2D eigenvalue weighted by Crippen LogP contribution is 2.44. The van der Waals surface area contributed by atoms with E-state index in [4.69, 9.17) is 14.2 Å². The molecular weight excluding hydrogens is 711 g/mol. The maximum absolute atomic E-state index is 13.3. The zero-order chi connectivity index (χ0) is 39.3. The number of alkyl carbamates (subject to hydrolysis) is 1. The summed E-state index contributed by atoms with van der Waals surface area (Å²) >= 11 is 0. The zero-order valence-corrected chi connectivity index (χ0v) is 31.5. The summed E-state index contributed by atoms with van der Waals surface area (Å²) in [5, 5.41) is 18.5. The lowest BCUT2D eigenvalue weighted by molar-refractivity contribution is -0.147. The van der Waals surface area contributed by atoms with Gasteiger partial charge in [0.15, 0.2) is 0 Å². The van der Waals surface area contributed by atoms with Crippen LogP contribution in [0.3, 0.4) is 0 Å². The maximum Gasteiger partial charge on any atom is 0.407 e. The van der Waals surface area contributed by atoms with Crippen LogP contribution in [0.1, 0.15) is 60.8 Å². The minimum Gasteiger partial charge on any atom is -0.489 e.